The van der Waals surface area contributed by atoms with Gasteiger partial charge in [-0.25, -0.2) is 0 Å². The summed E-state index contributed by atoms with van der Waals surface area (Å²) < 4.78 is 0. The first kappa shape index (κ1) is 17.9. The molecule has 1 aromatic rings. The number of nitrogens with one attached hydrogen (secondary N) is 1. The first-order chi connectivity index (χ1) is 12.5. The van der Waals surface area contributed by atoms with Gasteiger partial charge in [0.15, 0.2) is 0 Å². The second-order valence-electron chi connectivity index (χ2n) is 6.21. The maximum atomic E-state index is 12.2. The van der Waals surface area contributed by atoms with E-state index in [9.17, 15) is 19.7 Å². The highest BCUT2D eigenvalue weighted by Crippen LogP contribution is 2.33. The average Bonchev–Trinajstić information content (AvgIpc) is 2.90. The van der Waals surface area contributed by atoms with Crippen LogP contribution in [-0.2, 0) is 9.59 Å². The molecule has 2 amide bonds. The van der Waals surface area contributed by atoms with Gasteiger partial charge in [0, 0.05) is 30.9 Å². The number of aliphatic hydroxyl groups is 1. The van der Waals surface area contributed by atoms with E-state index < -0.39 is 16.7 Å². The van der Waals surface area contributed by atoms with Crippen LogP contribution >= 0.6 is 0 Å². The lowest BCUT2D eigenvalue weighted by Gasteiger charge is -2.28. The summed E-state index contributed by atoms with van der Waals surface area (Å²) in [6, 6.07) is 4.70. The van der Waals surface area contributed by atoms with Crippen molar-refractivity contribution in [1.82, 2.24) is 4.90 Å². The molecule has 2 N–H and O–H groups in total. The summed E-state index contributed by atoms with van der Waals surface area (Å²) in [5.74, 6) is -1.09. The quantitative estimate of drug-likeness (QED) is 0.445. The van der Waals surface area contributed by atoms with Crippen LogP contribution in [0.2, 0.25) is 0 Å². The van der Waals surface area contributed by atoms with Crippen molar-refractivity contribution >= 4 is 28.9 Å². The Balaban J connectivity index is 1.82. The van der Waals surface area contributed by atoms with Gasteiger partial charge in [-0.1, -0.05) is 0 Å². The molecule has 0 saturated carbocycles. The molecular weight excluding hydrogens is 340 g/mol. The van der Waals surface area contributed by atoms with E-state index in [1.807, 2.05) is 4.90 Å². The van der Waals surface area contributed by atoms with Gasteiger partial charge in [-0.15, -0.1) is 0 Å². The van der Waals surface area contributed by atoms with E-state index in [0.29, 0.717) is 11.4 Å². The summed E-state index contributed by atoms with van der Waals surface area (Å²) in [7, 11) is 0. The highest BCUT2D eigenvalue weighted by atomic mass is 16.6. The van der Waals surface area contributed by atoms with E-state index in [1.165, 1.54) is 6.07 Å². The molecule has 0 unspecified atom stereocenters. The van der Waals surface area contributed by atoms with Crippen molar-refractivity contribution in [1.29, 1.82) is 0 Å². The number of anilines is 2. The molecule has 138 valence electrons. The van der Waals surface area contributed by atoms with Crippen LogP contribution in [0.25, 0.3) is 0 Å². The standard InChI is InChI=1S/C17H20N4O5/c22-9-8-20-16(23)11-13(17(20)24)18-12-4-5-14(15(10-12)21(25)26)19-6-2-1-3-7-19/h4-5,10-11,18,22H,1-3,6-9H2. The van der Waals surface area contributed by atoms with E-state index in [2.05, 4.69) is 5.32 Å². The largest absolute Gasteiger partial charge is 0.395 e. The van der Waals surface area contributed by atoms with Crippen LogP contribution in [0.15, 0.2) is 30.0 Å². The van der Waals surface area contributed by atoms with Gasteiger partial charge in [0.1, 0.15) is 11.4 Å². The molecule has 3 rings (SSSR count). The number of carbonyl (C=O) groups excluding carboxylic acids is 2. The smallest absolute Gasteiger partial charge is 0.294 e. The molecule has 1 fully saturated rings. The lowest BCUT2D eigenvalue weighted by molar-refractivity contribution is -0.384. The minimum absolute atomic E-state index is 0.0310. The number of imide groups is 1. The highest BCUT2D eigenvalue weighted by Gasteiger charge is 2.31. The van der Waals surface area contributed by atoms with Crippen LogP contribution in [0, 0.1) is 10.1 Å². The van der Waals surface area contributed by atoms with Crippen molar-refractivity contribution in [3.8, 4) is 0 Å². The summed E-state index contributed by atoms with van der Waals surface area (Å²) >= 11 is 0. The molecule has 26 heavy (non-hydrogen) atoms. The summed E-state index contributed by atoms with van der Waals surface area (Å²) in [5, 5.41) is 23.2. The zero-order valence-electron chi connectivity index (χ0n) is 14.2. The van der Waals surface area contributed by atoms with Crippen molar-refractivity contribution < 1.29 is 19.6 Å². The van der Waals surface area contributed by atoms with Gasteiger partial charge in [-0.3, -0.25) is 24.6 Å². The van der Waals surface area contributed by atoms with Crippen LogP contribution in [0.4, 0.5) is 17.1 Å². The van der Waals surface area contributed by atoms with Crippen LogP contribution in [0.5, 0.6) is 0 Å². The summed E-state index contributed by atoms with van der Waals surface area (Å²) in [5.41, 5.74) is 0.908. The van der Waals surface area contributed by atoms with Crippen LogP contribution < -0.4 is 10.2 Å². The number of hydrogen-bond acceptors (Lipinski definition) is 7. The van der Waals surface area contributed by atoms with E-state index in [0.717, 1.165) is 43.3 Å². The number of hydrogen-bond donors (Lipinski definition) is 2. The van der Waals surface area contributed by atoms with Gasteiger partial charge in [0.05, 0.1) is 18.1 Å². The predicted octanol–water partition coefficient (Wildman–Crippen LogP) is 1.24. The number of carbonyl (C=O) groups is 2. The summed E-state index contributed by atoms with van der Waals surface area (Å²) in [6.07, 6.45) is 4.25. The first-order valence-corrected chi connectivity index (χ1v) is 8.50. The SMILES string of the molecule is O=C1C=C(Nc2ccc(N3CCCCC3)c([N+](=O)[O-])c2)C(=O)N1CCO. The fraction of sp³-hybridized carbons (Fsp3) is 0.412. The number of rotatable bonds is 6. The van der Waals surface area contributed by atoms with Crippen LogP contribution in [0.1, 0.15) is 19.3 Å². The molecule has 9 heteroatoms. The fourth-order valence-electron chi connectivity index (χ4n) is 3.22. The van der Waals surface area contributed by atoms with Gasteiger partial charge in [-0.2, -0.15) is 0 Å². The number of nitro benzene ring substituents is 1. The molecule has 0 radical (unpaired) electrons. The predicted molar refractivity (Wildman–Crippen MR) is 94.7 cm³/mol. The molecule has 9 nitrogen and oxygen atoms in total. The van der Waals surface area contributed by atoms with Crippen molar-refractivity contribution in [3.63, 3.8) is 0 Å². The molecule has 1 saturated heterocycles. The first-order valence-electron chi connectivity index (χ1n) is 8.50. The summed E-state index contributed by atoms with van der Waals surface area (Å²) in [4.78, 5) is 37.9. The Morgan fingerprint density at radius 3 is 2.58 bits per heavy atom. The Bertz CT molecular complexity index is 770. The topological polar surface area (TPSA) is 116 Å². The minimum Gasteiger partial charge on any atom is -0.395 e. The number of amides is 2. The lowest BCUT2D eigenvalue weighted by atomic mass is 10.1. The Morgan fingerprint density at radius 2 is 1.92 bits per heavy atom. The van der Waals surface area contributed by atoms with Gasteiger partial charge < -0.3 is 15.3 Å². The maximum Gasteiger partial charge on any atom is 0.294 e. The average molecular weight is 360 g/mol. The van der Waals surface area contributed by atoms with Gasteiger partial charge in [0.25, 0.3) is 17.5 Å². The second-order valence-corrected chi connectivity index (χ2v) is 6.21. The number of nitro groups is 1. The van der Waals surface area contributed by atoms with E-state index in [-0.39, 0.29) is 24.5 Å². The Morgan fingerprint density at radius 1 is 1.19 bits per heavy atom. The second kappa shape index (κ2) is 7.52. The highest BCUT2D eigenvalue weighted by molar-refractivity contribution is 6.17. The van der Waals surface area contributed by atoms with E-state index >= 15 is 0 Å². The Kier molecular flexibility index (Phi) is 5.17. The van der Waals surface area contributed by atoms with E-state index in [4.69, 9.17) is 5.11 Å². The molecule has 2 heterocycles. The molecule has 0 spiro atoms. The van der Waals surface area contributed by atoms with Crippen molar-refractivity contribution in [2.45, 2.75) is 19.3 Å². The number of piperidine rings is 1. The van der Waals surface area contributed by atoms with Crippen molar-refractivity contribution in [2.24, 2.45) is 0 Å². The van der Waals surface area contributed by atoms with Crippen LogP contribution in [0.3, 0.4) is 0 Å². The number of benzene rings is 1. The fourth-order valence-corrected chi connectivity index (χ4v) is 3.22. The third kappa shape index (κ3) is 3.52. The Labute approximate surface area is 150 Å². The molecular formula is C17H20N4O5. The Hall–Kier alpha value is -2.94. The monoisotopic (exact) mass is 360 g/mol. The zero-order valence-corrected chi connectivity index (χ0v) is 14.2. The van der Waals surface area contributed by atoms with Gasteiger partial charge >= 0.3 is 0 Å². The maximum absolute atomic E-state index is 12.2. The molecule has 2 aliphatic rings. The van der Waals surface area contributed by atoms with E-state index in [1.54, 1.807) is 12.1 Å². The van der Waals surface area contributed by atoms with Crippen molar-refractivity contribution in [3.05, 3.63) is 40.1 Å². The molecule has 0 bridgehead atoms. The number of β-amino-alcohol motifs (C(OH)–C–C–N with tert-alkyl or cyclic N) is 1. The third-order valence-electron chi connectivity index (χ3n) is 4.48. The number of aliphatic hydroxyl groups excluding tert-OH is 1. The molecule has 1 aromatic carbocycles. The molecule has 0 aliphatic carbocycles. The number of nitrogens with zero attached hydrogens (tertiary/aromatic N) is 3. The minimum atomic E-state index is -0.563. The summed E-state index contributed by atoms with van der Waals surface area (Å²) in [6.45, 7) is 1.14. The third-order valence-corrected chi connectivity index (χ3v) is 4.48. The van der Waals surface area contributed by atoms with Gasteiger partial charge in [-0.05, 0) is 31.4 Å². The zero-order chi connectivity index (χ0) is 18.7. The molecule has 0 atom stereocenters. The van der Waals surface area contributed by atoms with Crippen LogP contribution in [-0.4, -0.2) is 53.0 Å². The normalized spacial score (nSPS) is 17.5. The molecule has 0 aromatic heterocycles. The van der Waals surface area contributed by atoms with Gasteiger partial charge in [0.2, 0.25) is 0 Å². The lowest BCUT2D eigenvalue weighted by Crippen LogP contribution is -2.34. The van der Waals surface area contributed by atoms with Crippen molar-refractivity contribution in [2.75, 3.05) is 36.5 Å². The molecule has 2 aliphatic heterocycles.